The summed E-state index contributed by atoms with van der Waals surface area (Å²) >= 11 is 6.53. The molecule has 2 rings (SSSR count). The summed E-state index contributed by atoms with van der Waals surface area (Å²) in [5.74, 6) is -0.0286. The molecule has 0 fully saturated rings. The van der Waals surface area contributed by atoms with Gasteiger partial charge in [0.2, 0.25) is 0 Å². The van der Waals surface area contributed by atoms with Crippen molar-refractivity contribution < 1.29 is 9.13 Å². The van der Waals surface area contributed by atoms with E-state index in [1.54, 1.807) is 0 Å². The molecule has 14 heavy (non-hydrogen) atoms. The Kier molecular flexibility index (Phi) is 2.50. The van der Waals surface area contributed by atoms with E-state index in [2.05, 4.69) is 31.9 Å². The Hall–Kier alpha value is -0.600. The van der Waals surface area contributed by atoms with Gasteiger partial charge >= 0.3 is 0 Å². The van der Waals surface area contributed by atoms with Crippen molar-refractivity contribution in [3.8, 4) is 11.8 Å². The van der Waals surface area contributed by atoms with Crippen molar-refractivity contribution >= 4 is 31.9 Å². The number of halogens is 3. The third kappa shape index (κ3) is 1.33. The Morgan fingerprint density at radius 2 is 2.14 bits per heavy atom. The minimum absolute atomic E-state index is 0.259. The normalized spacial score (nSPS) is 23.9. The van der Waals surface area contributed by atoms with E-state index in [0.29, 0.717) is 16.9 Å². The van der Waals surface area contributed by atoms with Crippen molar-refractivity contribution in [1.29, 1.82) is 5.26 Å². The Morgan fingerprint density at radius 3 is 2.79 bits per heavy atom. The van der Waals surface area contributed by atoms with Gasteiger partial charge in [-0.3, -0.25) is 0 Å². The lowest BCUT2D eigenvalue weighted by Crippen LogP contribution is -2.04. The summed E-state index contributed by atoms with van der Waals surface area (Å²) < 4.78 is 18.7. The molecule has 5 heteroatoms. The van der Waals surface area contributed by atoms with E-state index < -0.39 is 0 Å². The molecule has 1 heterocycles. The van der Waals surface area contributed by atoms with E-state index >= 15 is 0 Å². The van der Waals surface area contributed by atoms with Crippen molar-refractivity contribution in [2.75, 3.05) is 0 Å². The summed E-state index contributed by atoms with van der Waals surface area (Å²) in [6.45, 7) is 0. The van der Waals surface area contributed by atoms with E-state index in [0.717, 1.165) is 0 Å². The van der Waals surface area contributed by atoms with Crippen molar-refractivity contribution in [1.82, 2.24) is 0 Å². The van der Waals surface area contributed by atoms with Gasteiger partial charge in [0.25, 0.3) is 0 Å². The predicted molar refractivity (Wildman–Crippen MR) is 56.1 cm³/mol. The van der Waals surface area contributed by atoms with Crippen LogP contribution in [0.4, 0.5) is 4.39 Å². The van der Waals surface area contributed by atoms with Gasteiger partial charge in [0, 0.05) is 5.56 Å². The fourth-order valence-electron chi connectivity index (χ4n) is 1.35. The molecule has 1 aromatic rings. The van der Waals surface area contributed by atoms with Crippen molar-refractivity contribution in [3.63, 3.8) is 0 Å². The minimum atomic E-state index is -0.358. The Labute approximate surface area is 96.9 Å². The number of hydrogen-bond donors (Lipinski definition) is 0. The maximum Gasteiger partial charge on any atom is 0.170 e. The molecular formula is C9H4Br2FNO. The molecule has 0 N–H and O–H groups in total. The van der Waals surface area contributed by atoms with E-state index in [9.17, 15) is 4.39 Å². The van der Waals surface area contributed by atoms with Crippen LogP contribution in [0.25, 0.3) is 0 Å². The quantitative estimate of drug-likeness (QED) is 0.687. The topological polar surface area (TPSA) is 33.0 Å². The van der Waals surface area contributed by atoms with E-state index in [4.69, 9.17) is 10.00 Å². The van der Waals surface area contributed by atoms with Gasteiger partial charge in [-0.25, -0.2) is 4.39 Å². The SMILES string of the molecule is N#Cc1ccc(F)c2c1OC(Br)C2Br. The molecule has 0 bridgehead atoms. The number of rotatable bonds is 0. The first-order valence-electron chi connectivity index (χ1n) is 3.82. The standard InChI is InChI=1S/C9H4Br2FNO/c10-7-6-5(12)2-1-4(3-13)8(6)14-9(7)11/h1-2,7,9H. The average molecular weight is 321 g/mol. The lowest BCUT2D eigenvalue weighted by molar-refractivity contribution is 0.328. The Morgan fingerprint density at radius 1 is 1.43 bits per heavy atom. The number of nitriles is 1. The van der Waals surface area contributed by atoms with Gasteiger partial charge < -0.3 is 4.74 Å². The van der Waals surface area contributed by atoms with Gasteiger partial charge in [0.1, 0.15) is 17.6 Å². The van der Waals surface area contributed by atoms with Crippen LogP contribution >= 0.6 is 31.9 Å². The minimum Gasteiger partial charge on any atom is -0.476 e. The van der Waals surface area contributed by atoms with Crippen LogP contribution < -0.4 is 4.74 Å². The number of hydrogen-bond acceptors (Lipinski definition) is 2. The zero-order valence-corrected chi connectivity index (χ0v) is 9.97. The molecule has 0 saturated heterocycles. The van der Waals surface area contributed by atoms with E-state index in [-0.39, 0.29) is 15.7 Å². The second-order valence-corrected chi connectivity index (χ2v) is 4.71. The summed E-state index contributed by atoms with van der Waals surface area (Å²) in [7, 11) is 0. The summed E-state index contributed by atoms with van der Waals surface area (Å²) in [5, 5.41) is 8.45. The number of alkyl halides is 2. The largest absolute Gasteiger partial charge is 0.476 e. The van der Waals surface area contributed by atoms with Crippen LogP contribution in [0.5, 0.6) is 5.75 Å². The predicted octanol–water partition coefficient (Wildman–Crippen LogP) is 3.25. The molecule has 0 amide bonds. The zero-order valence-electron chi connectivity index (χ0n) is 6.80. The molecule has 2 atom stereocenters. The highest BCUT2D eigenvalue weighted by Crippen LogP contribution is 2.47. The molecule has 0 aromatic heterocycles. The second kappa shape index (κ2) is 3.52. The lowest BCUT2D eigenvalue weighted by Gasteiger charge is -2.03. The molecule has 2 nitrogen and oxygen atoms in total. The van der Waals surface area contributed by atoms with Crippen molar-refractivity contribution in [2.45, 2.75) is 9.84 Å². The van der Waals surface area contributed by atoms with Gasteiger partial charge in [0.15, 0.2) is 5.01 Å². The first kappa shape index (κ1) is 9.94. The molecule has 2 unspecified atom stereocenters. The molecule has 1 aliphatic heterocycles. The molecule has 1 aliphatic rings. The fraction of sp³-hybridized carbons (Fsp3) is 0.222. The molecule has 0 spiro atoms. The van der Waals surface area contributed by atoms with Gasteiger partial charge in [-0.1, -0.05) is 15.9 Å². The first-order chi connectivity index (χ1) is 6.65. The molecule has 72 valence electrons. The Bertz CT molecular complexity index is 430. The summed E-state index contributed by atoms with van der Waals surface area (Å²) in [5.41, 5.74) is 0.763. The van der Waals surface area contributed by atoms with E-state index in [1.165, 1.54) is 12.1 Å². The van der Waals surface area contributed by atoms with Crippen LogP contribution in [0.2, 0.25) is 0 Å². The summed E-state index contributed by atoms with van der Waals surface area (Å²) in [4.78, 5) is -0.259. The second-order valence-electron chi connectivity index (χ2n) is 2.82. The number of ether oxygens (including phenoxy) is 1. The molecular weight excluding hydrogens is 317 g/mol. The van der Waals surface area contributed by atoms with Crippen LogP contribution in [-0.4, -0.2) is 5.01 Å². The smallest absolute Gasteiger partial charge is 0.170 e. The van der Waals surface area contributed by atoms with Crippen LogP contribution in [0.3, 0.4) is 0 Å². The number of fused-ring (bicyclic) bond motifs is 1. The van der Waals surface area contributed by atoms with Gasteiger partial charge in [-0.15, -0.1) is 0 Å². The van der Waals surface area contributed by atoms with Gasteiger partial charge in [-0.05, 0) is 28.1 Å². The number of benzene rings is 1. The lowest BCUT2D eigenvalue weighted by atomic mass is 10.1. The number of nitrogens with zero attached hydrogens (tertiary/aromatic N) is 1. The van der Waals surface area contributed by atoms with Crippen LogP contribution in [0, 0.1) is 17.1 Å². The van der Waals surface area contributed by atoms with Crippen LogP contribution in [0.1, 0.15) is 16.0 Å². The average Bonchev–Trinajstić information content (AvgIpc) is 2.45. The van der Waals surface area contributed by atoms with Crippen molar-refractivity contribution in [2.24, 2.45) is 0 Å². The zero-order chi connectivity index (χ0) is 10.3. The van der Waals surface area contributed by atoms with Crippen molar-refractivity contribution in [3.05, 3.63) is 29.1 Å². The summed E-state index contributed by atoms with van der Waals surface area (Å²) in [6, 6.07) is 4.66. The van der Waals surface area contributed by atoms with Crippen LogP contribution in [0.15, 0.2) is 12.1 Å². The monoisotopic (exact) mass is 319 g/mol. The highest BCUT2D eigenvalue weighted by Gasteiger charge is 2.35. The molecule has 0 aliphatic carbocycles. The van der Waals surface area contributed by atoms with E-state index in [1.807, 2.05) is 6.07 Å². The third-order valence-electron chi connectivity index (χ3n) is 2.00. The first-order valence-corrected chi connectivity index (χ1v) is 5.65. The highest BCUT2D eigenvalue weighted by molar-refractivity contribution is 9.12. The molecule has 1 aromatic carbocycles. The van der Waals surface area contributed by atoms with Gasteiger partial charge in [0.05, 0.1) is 10.4 Å². The Balaban J connectivity index is 2.65. The highest BCUT2D eigenvalue weighted by atomic mass is 79.9. The third-order valence-corrected chi connectivity index (χ3v) is 4.36. The molecule has 0 radical (unpaired) electrons. The maximum absolute atomic E-state index is 13.4. The molecule has 0 saturated carbocycles. The fourth-order valence-corrected chi connectivity index (χ4v) is 2.34. The maximum atomic E-state index is 13.4. The van der Waals surface area contributed by atoms with Gasteiger partial charge in [-0.2, -0.15) is 5.26 Å². The summed E-state index contributed by atoms with van der Waals surface area (Å²) in [6.07, 6.45) is 0. The van der Waals surface area contributed by atoms with Crippen LogP contribution in [-0.2, 0) is 0 Å².